The fourth-order valence-corrected chi connectivity index (χ4v) is 10.1. The van der Waals surface area contributed by atoms with Crippen molar-refractivity contribution in [2.24, 2.45) is 35.5 Å². The van der Waals surface area contributed by atoms with E-state index in [2.05, 4.69) is 81.3 Å². The van der Waals surface area contributed by atoms with Crippen LogP contribution in [0, 0.1) is 35.5 Å². The number of benzene rings is 4. The number of likely N-dealkylation sites (tertiary alicyclic amines) is 2. The summed E-state index contributed by atoms with van der Waals surface area (Å²) in [4.78, 5) is 73.3. The van der Waals surface area contributed by atoms with Gasteiger partial charge in [0.25, 0.3) is 0 Å². The van der Waals surface area contributed by atoms with Crippen LogP contribution < -0.4 is 10.6 Å². The number of nitrogens with one attached hydrogen (secondary N) is 4. The van der Waals surface area contributed by atoms with Crippen LogP contribution in [-0.4, -0.2) is 93.1 Å². The number of hydrogen-bond acceptors (Lipinski definition) is 8. The molecule has 8 atom stereocenters. The molecule has 2 aliphatic carbocycles. The van der Waals surface area contributed by atoms with Gasteiger partial charge >= 0.3 is 12.2 Å². The molecule has 14 nitrogen and oxygen atoms in total. The molecule has 0 bridgehead atoms. The number of carbonyl (C=O) groups excluding carboxylic acids is 4. The first-order chi connectivity index (χ1) is 28.9. The first-order valence-corrected chi connectivity index (χ1v) is 21.1. The van der Waals surface area contributed by atoms with Gasteiger partial charge in [-0.05, 0) is 94.5 Å². The number of hydrogen-bond donors (Lipinski definition) is 4. The summed E-state index contributed by atoms with van der Waals surface area (Å²) < 4.78 is 9.65. The Kier molecular flexibility index (Phi) is 9.03. The largest absolute Gasteiger partial charge is 0.453 e. The molecule has 2 aliphatic heterocycles. The molecule has 4 amide bonds. The summed E-state index contributed by atoms with van der Waals surface area (Å²) in [5.41, 5.74) is 5.73. The highest BCUT2D eigenvalue weighted by Gasteiger charge is 2.57. The highest BCUT2D eigenvalue weighted by atomic mass is 16.5. The van der Waals surface area contributed by atoms with Crippen molar-refractivity contribution in [3.8, 4) is 11.1 Å². The van der Waals surface area contributed by atoms with E-state index in [1.165, 1.54) is 14.2 Å². The average Bonchev–Trinajstić information content (AvgIpc) is 3.90. The summed E-state index contributed by atoms with van der Waals surface area (Å²) in [6.45, 7) is 9.00. The Hall–Kier alpha value is -6.18. The Labute approximate surface area is 346 Å². The van der Waals surface area contributed by atoms with Crippen molar-refractivity contribution in [3.05, 3.63) is 72.3 Å². The van der Waals surface area contributed by atoms with Crippen LogP contribution >= 0.6 is 0 Å². The maximum atomic E-state index is 13.9. The third-order valence-electron chi connectivity index (χ3n) is 13.5. The topological polar surface area (TPSA) is 175 Å². The number of nitrogens with zero attached hydrogens (tertiary/aromatic N) is 4. The van der Waals surface area contributed by atoms with Crippen molar-refractivity contribution in [3.63, 3.8) is 0 Å². The third-order valence-corrected chi connectivity index (χ3v) is 13.5. The van der Waals surface area contributed by atoms with Gasteiger partial charge in [-0.1, -0.05) is 64.1 Å². The standard InChI is InChI=1S/C46H50N8O6/c1-21(2)35(51-45(57)59-5)43(55)53-19-27-17-31(27)39(53)41-47-33-13-9-25-15-23(7-11-29(25)37(33)49-41)24-8-12-30-26(16-24)10-14-34-38(30)50-42(48-34)40-32-18-28(32)20-54(40)44(56)36(22(3)4)52-46(58)60-6/h7-16,21-22,27-28,31-32,35-36,39-40H,17-20H2,1-6H3,(H,47,49)(H,48,50)(H,51,57)(H,52,58)/t27?,28?,31?,32?,35-,36-,39-,40-/m0/s1. The molecule has 2 saturated heterocycles. The van der Waals surface area contributed by atoms with E-state index in [9.17, 15) is 19.2 Å². The predicted octanol–water partition coefficient (Wildman–Crippen LogP) is 7.21. The van der Waals surface area contributed by atoms with E-state index < -0.39 is 24.3 Å². The molecule has 60 heavy (non-hydrogen) atoms. The van der Waals surface area contributed by atoms with Gasteiger partial charge < -0.3 is 39.9 Å². The smallest absolute Gasteiger partial charge is 0.407 e. The van der Waals surface area contributed by atoms with Gasteiger partial charge in [-0.15, -0.1) is 0 Å². The molecule has 6 aromatic rings. The van der Waals surface area contributed by atoms with Gasteiger partial charge in [0, 0.05) is 23.9 Å². The minimum absolute atomic E-state index is 0.107. The monoisotopic (exact) mass is 810 g/mol. The SMILES string of the molecule is COC(=O)N[C@H](C(=O)N1CC2CC2[C@H]1c1nc2c(ccc3cc(-c4ccc5c(ccc6[nH]c([C@@H]7C8CC8CN7C(=O)[C@@H](NC(=O)OC)C(C)C)nc65)c4)ccc32)[nH]1)C(C)C. The van der Waals surface area contributed by atoms with Crippen molar-refractivity contribution in [2.45, 2.75) is 64.7 Å². The zero-order chi connectivity index (χ0) is 41.7. The van der Waals surface area contributed by atoms with E-state index in [4.69, 9.17) is 19.4 Å². The zero-order valence-electron chi connectivity index (χ0n) is 34.6. The predicted molar refractivity (Wildman–Crippen MR) is 227 cm³/mol. The van der Waals surface area contributed by atoms with Crippen molar-refractivity contribution in [1.82, 2.24) is 40.4 Å². The lowest BCUT2D eigenvalue weighted by Gasteiger charge is -2.31. The summed E-state index contributed by atoms with van der Waals surface area (Å²) in [5, 5.41) is 9.68. The van der Waals surface area contributed by atoms with Crippen LogP contribution in [0.3, 0.4) is 0 Å². The van der Waals surface area contributed by atoms with E-state index in [-0.39, 0.29) is 35.7 Å². The number of rotatable bonds is 9. The molecule has 4 heterocycles. The Bertz CT molecular complexity index is 2550. The van der Waals surface area contributed by atoms with Gasteiger partial charge in [-0.25, -0.2) is 19.6 Å². The van der Waals surface area contributed by atoms with Crippen LogP contribution in [0.2, 0.25) is 0 Å². The fourth-order valence-electron chi connectivity index (χ4n) is 10.1. The van der Waals surface area contributed by atoms with E-state index in [0.717, 1.165) is 79.2 Å². The number of piperidine rings is 2. The summed E-state index contributed by atoms with van der Waals surface area (Å²) in [6, 6.07) is 19.5. The van der Waals surface area contributed by atoms with Crippen molar-refractivity contribution < 1.29 is 28.7 Å². The lowest BCUT2D eigenvalue weighted by molar-refractivity contribution is -0.137. The lowest BCUT2D eigenvalue weighted by Crippen LogP contribution is -2.51. The van der Waals surface area contributed by atoms with Crippen LogP contribution in [0.25, 0.3) is 54.7 Å². The van der Waals surface area contributed by atoms with Crippen LogP contribution in [0.15, 0.2) is 60.7 Å². The molecule has 10 rings (SSSR count). The molecule has 4 fully saturated rings. The minimum Gasteiger partial charge on any atom is -0.453 e. The maximum absolute atomic E-state index is 13.9. The molecule has 2 aromatic heterocycles. The van der Waals surface area contributed by atoms with E-state index in [0.29, 0.717) is 36.8 Å². The maximum Gasteiger partial charge on any atom is 0.407 e. The Morgan fingerprint density at radius 3 is 1.43 bits per heavy atom. The third kappa shape index (κ3) is 6.29. The van der Waals surface area contributed by atoms with Crippen LogP contribution in [0.1, 0.15) is 64.3 Å². The molecular formula is C46H50N8O6. The highest BCUT2D eigenvalue weighted by molar-refractivity contribution is 6.07. The summed E-state index contributed by atoms with van der Waals surface area (Å²) >= 11 is 0. The van der Waals surface area contributed by atoms with E-state index in [1.54, 1.807) is 0 Å². The summed E-state index contributed by atoms with van der Waals surface area (Å²) in [5.74, 6) is 2.68. The molecule has 14 heteroatoms. The molecule has 4 aromatic carbocycles. The second kappa shape index (κ2) is 14.2. The molecule has 2 saturated carbocycles. The second-order valence-electron chi connectivity index (χ2n) is 17.9. The van der Waals surface area contributed by atoms with Crippen LogP contribution in [-0.2, 0) is 19.1 Å². The zero-order valence-corrected chi connectivity index (χ0v) is 34.6. The fraction of sp³-hybridized carbons (Fsp3) is 0.435. The number of carbonyl (C=O) groups is 4. The Morgan fingerprint density at radius 2 is 1.05 bits per heavy atom. The lowest BCUT2D eigenvalue weighted by atomic mass is 9.98. The normalized spacial score (nSPS) is 23.9. The molecule has 310 valence electrons. The molecule has 4 N–H and O–H groups in total. The van der Waals surface area contributed by atoms with Crippen molar-refractivity contribution >= 4 is 67.6 Å². The number of amides is 4. The first-order valence-electron chi connectivity index (χ1n) is 21.1. The highest BCUT2D eigenvalue weighted by Crippen LogP contribution is 2.57. The van der Waals surface area contributed by atoms with Gasteiger partial charge in [0.15, 0.2) is 0 Å². The molecule has 0 radical (unpaired) electrons. The molecule has 4 aliphatic rings. The molecular weight excluding hydrogens is 761 g/mol. The van der Waals surface area contributed by atoms with Crippen LogP contribution in [0.4, 0.5) is 9.59 Å². The number of methoxy groups -OCH3 is 2. The summed E-state index contributed by atoms with van der Waals surface area (Å²) in [6.07, 6.45) is 0.888. The summed E-state index contributed by atoms with van der Waals surface area (Å²) in [7, 11) is 2.61. The van der Waals surface area contributed by atoms with Gasteiger partial charge in [0.1, 0.15) is 23.7 Å². The molecule has 0 spiro atoms. The average molecular weight is 811 g/mol. The van der Waals surface area contributed by atoms with Crippen molar-refractivity contribution in [2.75, 3.05) is 27.3 Å². The van der Waals surface area contributed by atoms with Crippen LogP contribution in [0.5, 0.6) is 0 Å². The quantitative estimate of drug-likeness (QED) is 0.119. The van der Waals surface area contributed by atoms with Gasteiger partial charge in [0.05, 0.1) is 48.4 Å². The minimum atomic E-state index is -0.688. The van der Waals surface area contributed by atoms with E-state index in [1.807, 2.05) is 37.5 Å². The van der Waals surface area contributed by atoms with Gasteiger partial charge in [-0.2, -0.15) is 0 Å². The first kappa shape index (κ1) is 38.0. The number of alkyl carbamates (subject to hydrolysis) is 2. The number of imidazole rings is 2. The number of aromatic nitrogens is 4. The van der Waals surface area contributed by atoms with E-state index >= 15 is 0 Å². The van der Waals surface area contributed by atoms with Crippen molar-refractivity contribution in [1.29, 1.82) is 0 Å². The molecule has 4 unspecified atom stereocenters. The number of aromatic amines is 2. The van der Waals surface area contributed by atoms with Gasteiger partial charge in [0.2, 0.25) is 11.8 Å². The number of ether oxygens (including phenoxy) is 2. The number of fused-ring (bicyclic) bond motifs is 8. The second-order valence-corrected chi connectivity index (χ2v) is 17.9. The Morgan fingerprint density at radius 1 is 0.633 bits per heavy atom. The number of H-pyrrole nitrogens is 2. The van der Waals surface area contributed by atoms with Gasteiger partial charge in [-0.3, -0.25) is 9.59 Å². The Balaban J connectivity index is 0.923.